The second kappa shape index (κ2) is 4.81. The number of rotatable bonds is 3. The molecule has 0 amide bonds. The smallest absolute Gasteiger partial charge is 0.255 e. The molecule has 0 bridgehead atoms. The van der Waals surface area contributed by atoms with Gasteiger partial charge < -0.3 is 15.8 Å². The van der Waals surface area contributed by atoms with Crippen LogP contribution in [0.2, 0.25) is 0 Å². The summed E-state index contributed by atoms with van der Waals surface area (Å²) < 4.78 is 5.11. The van der Waals surface area contributed by atoms with Crippen molar-refractivity contribution >= 4 is 23.1 Å². The number of benzene rings is 1. The number of para-hydroxylation sites is 1. The minimum absolute atomic E-state index is 0.0542. The zero-order valence-electron chi connectivity index (χ0n) is 8.28. The zero-order chi connectivity index (χ0) is 10.6. The van der Waals surface area contributed by atoms with Crippen LogP contribution in [0.4, 0.5) is 5.69 Å². The summed E-state index contributed by atoms with van der Waals surface area (Å²) in [4.78, 5) is 0. The number of hydrogen-bond acceptors (Lipinski definition) is 3. The molecule has 0 aromatic heterocycles. The molecule has 0 saturated heterocycles. The SMILES string of the molecule is Cc1ccccc1NC(C)OC(N)=S. The molecule has 1 aromatic carbocycles. The van der Waals surface area contributed by atoms with Crippen LogP contribution in [-0.4, -0.2) is 11.4 Å². The lowest BCUT2D eigenvalue weighted by atomic mass is 10.2. The molecule has 0 radical (unpaired) electrons. The quantitative estimate of drug-likeness (QED) is 0.592. The number of aryl methyl sites for hydroxylation is 1. The molecule has 0 spiro atoms. The molecule has 1 rings (SSSR count). The lowest BCUT2D eigenvalue weighted by Crippen LogP contribution is -2.26. The van der Waals surface area contributed by atoms with E-state index in [1.807, 2.05) is 38.1 Å². The van der Waals surface area contributed by atoms with Gasteiger partial charge in [0.15, 0.2) is 6.23 Å². The third-order valence-corrected chi connectivity index (χ3v) is 1.89. The third-order valence-electron chi connectivity index (χ3n) is 1.80. The molecule has 4 heteroatoms. The highest BCUT2D eigenvalue weighted by Crippen LogP contribution is 2.14. The summed E-state index contributed by atoms with van der Waals surface area (Å²) in [5.41, 5.74) is 7.44. The molecule has 0 aliphatic heterocycles. The fourth-order valence-electron chi connectivity index (χ4n) is 1.16. The third kappa shape index (κ3) is 3.22. The Kier molecular flexibility index (Phi) is 3.71. The summed E-state index contributed by atoms with van der Waals surface area (Å²) in [7, 11) is 0. The minimum Gasteiger partial charge on any atom is -0.448 e. The Bertz CT molecular complexity index is 328. The van der Waals surface area contributed by atoms with Gasteiger partial charge in [0.05, 0.1) is 0 Å². The van der Waals surface area contributed by atoms with Crippen LogP contribution < -0.4 is 11.1 Å². The van der Waals surface area contributed by atoms with E-state index in [4.69, 9.17) is 10.5 Å². The van der Waals surface area contributed by atoms with Gasteiger partial charge in [-0.3, -0.25) is 0 Å². The van der Waals surface area contributed by atoms with E-state index in [1.54, 1.807) is 0 Å². The highest BCUT2D eigenvalue weighted by atomic mass is 32.1. The Hall–Kier alpha value is -1.29. The van der Waals surface area contributed by atoms with E-state index >= 15 is 0 Å². The normalized spacial score (nSPS) is 11.9. The molecule has 0 saturated carbocycles. The van der Waals surface area contributed by atoms with Crippen molar-refractivity contribution in [2.45, 2.75) is 20.1 Å². The van der Waals surface area contributed by atoms with Crippen molar-refractivity contribution in [1.29, 1.82) is 0 Å². The van der Waals surface area contributed by atoms with E-state index in [9.17, 15) is 0 Å². The van der Waals surface area contributed by atoms with Gasteiger partial charge >= 0.3 is 0 Å². The average molecular weight is 210 g/mol. The minimum atomic E-state index is -0.214. The van der Waals surface area contributed by atoms with Gasteiger partial charge in [-0.15, -0.1) is 0 Å². The Morgan fingerprint density at radius 3 is 2.71 bits per heavy atom. The summed E-state index contributed by atoms with van der Waals surface area (Å²) >= 11 is 4.64. The molecular formula is C10H14N2OS. The number of thiocarbonyl (C=S) groups is 1. The first-order valence-electron chi connectivity index (χ1n) is 4.38. The predicted octanol–water partition coefficient (Wildman–Crippen LogP) is 2.01. The fraction of sp³-hybridized carbons (Fsp3) is 0.300. The zero-order valence-corrected chi connectivity index (χ0v) is 9.10. The molecule has 0 fully saturated rings. The highest BCUT2D eigenvalue weighted by Gasteiger charge is 2.04. The lowest BCUT2D eigenvalue weighted by Gasteiger charge is -2.17. The van der Waals surface area contributed by atoms with Crippen molar-refractivity contribution < 1.29 is 4.74 Å². The van der Waals surface area contributed by atoms with Crippen molar-refractivity contribution in [3.63, 3.8) is 0 Å². The number of ether oxygens (including phenoxy) is 1. The molecule has 1 unspecified atom stereocenters. The average Bonchev–Trinajstić information content (AvgIpc) is 2.07. The Labute approximate surface area is 89.3 Å². The number of anilines is 1. The monoisotopic (exact) mass is 210 g/mol. The van der Waals surface area contributed by atoms with Crippen LogP contribution in [0.15, 0.2) is 24.3 Å². The van der Waals surface area contributed by atoms with E-state index in [-0.39, 0.29) is 11.4 Å². The second-order valence-corrected chi connectivity index (χ2v) is 3.44. The first-order valence-corrected chi connectivity index (χ1v) is 4.78. The first kappa shape index (κ1) is 10.8. The molecule has 0 aliphatic rings. The Balaban J connectivity index is 2.60. The van der Waals surface area contributed by atoms with Gasteiger partial charge in [-0.1, -0.05) is 18.2 Å². The van der Waals surface area contributed by atoms with Crippen molar-refractivity contribution in [3.8, 4) is 0 Å². The van der Waals surface area contributed by atoms with Gasteiger partial charge in [-0.2, -0.15) is 0 Å². The molecule has 14 heavy (non-hydrogen) atoms. The summed E-state index contributed by atoms with van der Waals surface area (Å²) in [5, 5.41) is 3.21. The number of hydrogen-bond donors (Lipinski definition) is 2. The summed E-state index contributed by atoms with van der Waals surface area (Å²) in [6.45, 7) is 3.88. The molecular weight excluding hydrogens is 196 g/mol. The van der Waals surface area contributed by atoms with Crippen LogP contribution in [0.1, 0.15) is 12.5 Å². The van der Waals surface area contributed by atoms with Crippen LogP contribution in [0, 0.1) is 6.92 Å². The van der Waals surface area contributed by atoms with Gasteiger partial charge in [0.1, 0.15) is 0 Å². The van der Waals surface area contributed by atoms with E-state index in [2.05, 4.69) is 17.5 Å². The molecule has 76 valence electrons. The van der Waals surface area contributed by atoms with Crippen molar-refractivity contribution in [2.75, 3.05) is 5.32 Å². The van der Waals surface area contributed by atoms with Gasteiger partial charge in [-0.25, -0.2) is 0 Å². The van der Waals surface area contributed by atoms with Crippen LogP contribution in [-0.2, 0) is 4.74 Å². The maximum absolute atomic E-state index is 5.25. The summed E-state index contributed by atoms with van der Waals surface area (Å²) in [5.74, 6) is 0. The molecule has 1 aromatic rings. The standard InChI is InChI=1S/C10H14N2OS/c1-7-5-3-4-6-9(7)12-8(2)13-10(11)14/h3-6,8,12H,1-2H3,(H2,11,14). The van der Waals surface area contributed by atoms with Crippen molar-refractivity contribution in [1.82, 2.24) is 0 Å². The molecule has 3 N–H and O–H groups in total. The van der Waals surface area contributed by atoms with Crippen LogP contribution in [0.3, 0.4) is 0 Å². The van der Waals surface area contributed by atoms with Gasteiger partial charge in [0.25, 0.3) is 5.17 Å². The van der Waals surface area contributed by atoms with E-state index in [1.165, 1.54) is 0 Å². The fourth-order valence-corrected chi connectivity index (χ4v) is 1.30. The van der Waals surface area contributed by atoms with Crippen molar-refractivity contribution in [2.24, 2.45) is 5.73 Å². The second-order valence-electron chi connectivity index (χ2n) is 3.04. The van der Waals surface area contributed by atoms with Crippen LogP contribution in [0.25, 0.3) is 0 Å². The summed E-state index contributed by atoms with van der Waals surface area (Å²) in [6, 6.07) is 7.95. The topological polar surface area (TPSA) is 47.3 Å². The molecule has 0 aliphatic carbocycles. The maximum Gasteiger partial charge on any atom is 0.255 e. The molecule has 3 nitrogen and oxygen atoms in total. The highest BCUT2D eigenvalue weighted by molar-refractivity contribution is 7.80. The van der Waals surface area contributed by atoms with Crippen LogP contribution in [0.5, 0.6) is 0 Å². The number of nitrogens with two attached hydrogens (primary N) is 1. The predicted molar refractivity (Wildman–Crippen MR) is 62.1 cm³/mol. The van der Waals surface area contributed by atoms with Gasteiger partial charge in [0.2, 0.25) is 0 Å². The van der Waals surface area contributed by atoms with E-state index < -0.39 is 0 Å². The van der Waals surface area contributed by atoms with Crippen molar-refractivity contribution in [3.05, 3.63) is 29.8 Å². The largest absolute Gasteiger partial charge is 0.448 e. The van der Waals surface area contributed by atoms with Crippen LogP contribution >= 0.6 is 12.2 Å². The van der Waals surface area contributed by atoms with Gasteiger partial charge in [-0.05, 0) is 37.7 Å². The van der Waals surface area contributed by atoms with Gasteiger partial charge in [0, 0.05) is 5.69 Å². The lowest BCUT2D eigenvalue weighted by molar-refractivity contribution is 0.240. The first-order chi connectivity index (χ1) is 6.59. The molecule has 0 heterocycles. The number of nitrogens with one attached hydrogen (secondary N) is 1. The molecule has 1 atom stereocenters. The van der Waals surface area contributed by atoms with E-state index in [0.717, 1.165) is 11.3 Å². The maximum atomic E-state index is 5.25. The summed E-state index contributed by atoms with van der Waals surface area (Å²) in [6.07, 6.45) is -0.214. The Morgan fingerprint density at radius 1 is 1.50 bits per heavy atom. The Morgan fingerprint density at radius 2 is 2.14 bits per heavy atom. The van der Waals surface area contributed by atoms with E-state index in [0.29, 0.717) is 0 Å².